The van der Waals surface area contributed by atoms with E-state index in [2.05, 4.69) is 10.7 Å². The van der Waals surface area contributed by atoms with Gasteiger partial charge in [0, 0.05) is 24.4 Å². The number of fused-ring (bicyclic) bond motifs is 1. The summed E-state index contributed by atoms with van der Waals surface area (Å²) in [5.41, 5.74) is 4.11. The zero-order valence-electron chi connectivity index (χ0n) is 11.8. The lowest BCUT2D eigenvalue weighted by Crippen LogP contribution is -2.45. The molecule has 114 valence electrons. The minimum atomic E-state index is -0.525. The third kappa shape index (κ3) is 2.14. The second kappa shape index (κ2) is 5.40. The minimum Gasteiger partial charge on any atom is -0.467 e. The number of nitrogens with one attached hydrogen (secondary N) is 2. The molecule has 0 bridgehead atoms. The first-order valence-corrected chi connectivity index (χ1v) is 6.65. The number of benzene rings is 1. The van der Waals surface area contributed by atoms with Gasteiger partial charge in [-0.25, -0.2) is 4.79 Å². The first-order chi connectivity index (χ1) is 10.6. The van der Waals surface area contributed by atoms with E-state index in [1.807, 2.05) is 0 Å². The van der Waals surface area contributed by atoms with Crippen LogP contribution in [0.4, 0.5) is 5.69 Å². The number of esters is 1. The van der Waals surface area contributed by atoms with Gasteiger partial charge < -0.3 is 15.5 Å². The maximum Gasteiger partial charge on any atom is 0.332 e. The fourth-order valence-corrected chi connectivity index (χ4v) is 2.59. The van der Waals surface area contributed by atoms with Gasteiger partial charge in [0.05, 0.1) is 17.6 Å². The predicted octanol–water partition coefficient (Wildman–Crippen LogP) is 0.742. The molecular formula is C14H14N4O4. The molecule has 1 fully saturated rings. The van der Waals surface area contributed by atoms with Gasteiger partial charge in [0.15, 0.2) is 6.04 Å². The average molecular weight is 302 g/mol. The molecule has 1 aromatic carbocycles. The lowest BCUT2D eigenvalue weighted by molar-refractivity contribution is -0.385. The lowest BCUT2D eigenvalue weighted by atomic mass is 10.0. The highest BCUT2D eigenvalue weighted by Crippen LogP contribution is 2.32. The molecule has 8 heteroatoms. The molecule has 1 saturated heterocycles. The SMILES string of the molecule is COC(=O)C1CNC2=C(c3ccccc3[N+](=O)[O-])C=CNN21. The standard InChI is InChI=1S/C14H14N4O4/c1-22-14(19)12-8-15-13-10(6-7-16-17(12)13)9-4-2-3-5-11(9)18(20)21/h2-7,12,15-16H,8H2,1H3. The van der Waals surface area contributed by atoms with Crippen molar-refractivity contribution in [2.75, 3.05) is 13.7 Å². The summed E-state index contributed by atoms with van der Waals surface area (Å²) < 4.78 is 4.77. The second-order valence-corrected chi connectivity index (χ2v) is 4.79. The third-order valence-electron chi connectivity index (χ3n) is 3.60. The number of allylic oxidation sites excluding steroid dienone is 2. The van der Waals surface area contributed by atoms with Crippen LogP contribution in [0, 0.1) is 10.1 Å². The summed E-state index contributed by atoms with van der Waals surface area (Å²) >= 11 is 0. The smallest absolute Gasteiger partial charge is 0.332 e. The van der Waals surface area contributed by atoms with Crippen molar-refractivity contribution in [2.24, 2.45) is 0 Å². The molecule has 0 saturated carbocycles. The first kappa shape index (κ1) is 13.9. The van der Waals surface area contributed by atoms with Gasteiger partial charge >= 0.3 is 5.97 Å². The number of nitro groups is 1. The van der Waals surface area contributed by atoms with Crippen LogP contribution in [-0.2, 0) is 9.53 Å². The Bertz CT molecular complexity index is 698. The number of carbonyl (C=O) groups excluding carboxylic acids is 1. The van der Waals surface area contributed by atoms with Crippen LogP contribution < -0.4 is 10.7 Å². The van der Waals surface area contributed by atoms with E-state index in [9.17, 15) is 14.9 Å². The van der Waals surface area contributed by atoms with Crippen LogP contribution in [0.25, 0.3) is 5.57 Å². The number of hydrogen-bond donors (Lipinski definition) is 2. The summed E-state index contributed by atoms with van der Waals surface area (Å²) in [6.07, 6.45) is 3.37. The molecule has 2 N–H and O–H groups in total. The fourth-order valence-electron chi connectivity index (χ4n) is 2.59. The number of methoxy groups -OCH3 is 1. The van der Waals surface area contributed by atoms with E-state index in [1.54, 1.807) is 35.5 Å². The average Bonchev–Trinajstić information content (AvgIpc) is 2.98. The van der Waals surface area contributed by atoms with Crippen molar-refractivity contribution in [1.29, 1.82) is 0 Å². The van der Waals surface area contributed by atoms with E-state index < -0.39 is 11.0 Å². The fraction of sp³-hybridized carbons (Fsp3) is 0.214. The van der Waals surface area contributed by atoms with Crippen LogP contribution in [0.1, 0.15) is 5.56 Å². The molecule has 2 aliphatic rings. The minimum absolute atomic E-state index is 0.0137. The summed E-state index contributed by atoms with van der Waals surface area (Å²) in [7, 11) is 1.33. The van der Waals surface area contributed by atoms with Crippen molar-refractivity contribution in [1.82, 2.24) is 15.8 Å². The number of rotatable bonds is 3. The zero-order valence-corrected chi connectivity index (χ0v) is 11.8. The monoisotopic (exact) mass is 302 g/mol. The van der Waals surface area contributed by atoms with Gasteiger partial charge in [-0.2, -0.15) is 0 Å². The van der Waals surface area contributed by atoms with Crippen molar-refractivity contribution in [3.8, 4) is 0 Å². The van der Waals surface area contributed by atoms with Crippen LogP contribution in [-0.4, -0.2) is 35.6 Å². The normalized spacial score (nSPS) is 19.3. The number of hydrogen-bond acceptors (Lipinski definition) is 7. The van der Waals surface area contributed by atoms with Gasteiger partial charge in [-0.05, 0) is 12.1 Å². The van der Waals surface area contributed by atoms with Crippen molar-refractivity contribution in [2.45, 2.75) is 6.04 Å². The van der Waals surface area contributed by atoms with Crippen LogP contribution in [0.5, 0.6) is 0 Å². The Labute approximate surface area is 126 Å². The number of para-hydroxylation sites is 1. The molecular weight excluding hydrogens is 288 g/mol. The molecule has 1 atom stereocenters. The van der Waals surface area contributed by atoms with Gasteiger partial charge in [-0.3, -0.25) is 15.1 Å². The largest absolute Gasteiger partial charge is 0.467 e. The summed E-state index contributed by atoms with van der Waals surface area (Å²) in [4.78, 5) is 22.6. The summed E-state index contributed by atoms with van der Waals surface area (Å²) in [5, 5.41) is 15.9. The highest BCUT2D eigenvalue weighted by molar-refractivity contribution is 5.84. The maximum absolute atomic E-state index is 11.8. The van der Waals surface area contributed by atoms with E-state index in [4.69, 9.17) is 4.74 Å². The van der Waals surface area contributed by atoms with Gasteiger partial charge in [0.2, 0.25) is 0 Å². The van der Waals surface area contributed by atoms with E-state index in [0.717, 1.165) is 0 Å². The van der Waals surface area contributed by atoms with E-state index >= 15 is 0 Å². The molecule has 0 aliphatic carbocycles. The molecule has 1 aromatic rings. The van der Waals surface area contributed by atoms with E-state index in [-0.39, 0.29) is 11.7 Å². The summed E-state index contributed by atoms with van der Waals surface area (Å²) in [5.74, 6) is 0.236. The number of ether oxygens (including phenoxy) is 1. The van der Waals surface area contributed by atoms with Crippen LogP contribution >= 0.6 is 0 Å². The molecule has 2 heterocycles. The number of carbonyl (C=O) groups is 1. The molecule has 0 radical (unpaired) electrons. The zero-order chi connectivity index (χ0) is 15.7. The highest BCUT2D eigenvalue weighted by Gasteiger charge is 2.37. The molecule has 22 heavy (non-hydrogen) atoms. The summed E-state index contributed by atoms with van der Waals surface area (Å²) in [6.45, 7) is 0.362. The topological polar surface area (TPSA) is 96.7 Å². The molecule has 8 nitrogen and oxygen atoms in total. The van der Waals surface area contributed by atoms with Crippen molar-refractivity contribution < 1.29 is 14.5 Å². The van der Waals surface area contributed by atoms with Crippen molar-refractivity contribution in [3.05, 3.63) is 58.0 Å². The van der Waals surface area contributed by atoms with Crippen LogP contribution in [0.15, 0.2) is 42.4 Å². The van der Waals surface area contributed by atoms with Gasteiger partial charge in [0.1, 0.15) is 5.82 Å². The molecule has 3 rings (SSSR count). The molecule has 0 aromatic heterocycles. The number of hydrazine groups is 1. The predicted molar refractivity (Wildman–Crippen MR) is 77.9 cm³/mol. The number of nitro benzene ring substituents is 1. The Morgan fingerprint density at radius 3 is 2.95 bits per heavy atom. The Morgan fingerprint density at radius 2 is 2.23 bits per heavy atom. The van der Waals surface area contributed by atoms with E-state index in [1.165, 1.54) is 13.2 Å². The second-order valence-electron chi connectivity index (χ2n) is 4.79. The van der Waals surface area contributed by atoms with Gasteiger partial charge in [-0.15, -0.1) is 0 Å². The highest BCUT2D eigenvalue weighted by atomic mass is 16.6. The van der Waals surface area contributed by atoms with Crippen LogP contribution in [0.2, 0.25) is 0 Å². The molecule has 2 aliphatic heterocycles. The Hall–Kier alpha value is -3.03. The Kier molecular flexibility index (Phi) is 3.42. The Balaban J connectivity index is 2.06. The van der Waals surface area contributed by atoms with Gasteiger partial charge in [-0.1, -0.05) is 12.1 Å². The van der Waals surface area contributed by atoms with Crippen LogP contribution in [0.3, 0.4) is 0 Å². The van der Waals surface area contributed by atoms with Crippen molar-refractivity contribution in [3.63, 3.8) is 0 Å². The maximum atomic E-state index is 11.8. The van der Waals surface area contributed by atoms with Crippen molar-refractivity contribution >= 4 is 17.2 Å². The number of nitrogens with zero attached hydrogens (tertiary/aromatic N) is 2. The quantitative estimate of drug-likeness (QED) is 0.483. The van der Waals surface area contributed by atoms with Gasteiger partial charge in [0.25, 0.3) is 5.69 Å². The molecule has 1 unspecified atom stereocenters. The first-order valence-electron chi connectivity index (χ1n) is 6.65. The lowest BCUT2D eigenvalue weighted by Gasteiger charge is -2.28. The Morgan fingerprint density at radius 1 is 1.45 bits per heavy atom. The molecule has 0 spiro atoms. The molecule has 0 amide bonds. The van der Waals surface area contributed by atoms with E-state index in [0.29, 0.717) is 23.5 Å². The third-order valence-corrected chi connectivity index (χ3v) is 3.60. The summed E-state index contributed by atoms with van der Waals surface area (Å²) in [6, 6.07) is 5.97.